The Kier molecular flexibility index (Phi) is 7.45. The Morgan fingerprint density at radius 2 is 1.71 bits per heavy atom. The van der Waals surface area contributed by atoms with E-state index in [0.29, 0.717) is 30.5 Å². The quantitative estimate of drug-likeness (QED) is 0.353. The van der Waals surface area contributed by atoms with Gasteiger partial charge in [-0.15, -0.1) is 0 Å². The molecule has 2 aliphatic carbocycles. The first-order valence-electron chi connectivity index (χ1n) is 15.0. The molecule has 1 heterocycles. The fourth-order valence-corrected chi connectivity index (χ4v) is 7.97. The minimum absolute atomic E-state index is 0.0362. The zero-order valence-electron chi connectivity index (χ0n) is 24.1. The van der Waals surface area contributed by atoms with Gasteiger partial charge in [0.2, 0.25) is 5.91 Å². The molecular weight excluding hydrogens is 513 g/mol. The van der Waals surface area contributed by atoms with Crippen molar-refractivity contribution in [2.24, 2.45) is 11.8 Å². The van der Waals surface area contributed by atoms with Gasteiger partial charge < -0.3 is 15.5 Å². The molecule has 1 aliphatic heterocycles. The molecule has 0 radical (unpaired) electrons. The molecule has 4 unspecified atom stereocenters. The molecule has 3 aliphatic rings. The van der Waals surface area contributed by atoms with Crippen LogP contribution in [-0.2, 0) is 17.9 Å². The molecule has 0 saturated heterocycles. The molecule has 3 aromatic rings. The maximum atomic E-state index is 13.7. The average Bonchev–Trinajstić information content (AvgIpc) is 3.39. The van der Waals surface area contributed by atoms with Crippen molar-refractivity contribution in [2.45, 2.75) is 76.5 Å². The molecule has 2 saturated carbocycles. The van der Waals surface area contributed by atoms with Crippen molar-refractivity contribution in [1.29, 1.82) is 0 Å². The van der Waals surface area contributed by atoms with Crippen LogP contribution in [0.2, 0.25) is 0 Å². The molecule has 5 nitrogen and oxygen atoms in total. The number of hydrogen-bond acceptors (Lipinski definition) is 3. The molecule has 3 aromatic carbocycles. The van der Waals surface area contributed by atoms with Gasteiger partial charge in [0.25, 0.3) is 5.91 Å². The summed E-state index contributed by atoms with van der Waals surface area (Å²) in [6.45, 7) is 5.71. The van der Waals surface area contributed by atoms with Gasteiger partial charge in [-0.25, -0.2) is 4.39 Å². The maximum absolute atomic E-state index is 13.7. The summed E-state index contributed by atoms with van der Waals surface area (Å²) < 4.78 is 13.7. The summed E-state index contributed by atoms with van der Waals surface area (Å²) in [4.78, 5) is 28.8. The summed E-state index contributed by atoms with van der Waals surface area (Å²) in [5.74, 6) is 0.795. The third kappa shape index (κ3) is 5.80. The lowest BCUT2D eigenvalue weighted by Gasteiger charge is -2.56. The van der Waals surface area contributed by atoms with E-state index in [1.165, 1.54) is 12.1 Å². The molecule has 0 aromatic heterocycles. The lowest BCUT2D eigenvalue weighted by atomic mass is 9.57. The minimum Gasteiger partial charge on any atom is -0.347 e. The predicted molar refractivity (Wildman–Crippen MR) is 159 cm³/mol. The number of fused-ring (bicyclic) bond motifs is 3. The van der Waals surface area contributed by atoms with Crippen molar-refractivity contribution < 1.29 is 14.0 Å². The van der Waals surface area contributed by atoms with Crippen LogP contribution in [0.25, 0.3) is 11.1 Å². The van der Waals surface area contributed by atoms with Crippen LogP contribution in [0.3, 0.4) is 0 Å². The largest absolute Gasteiger partial charge is 0.347 e. The zero-order valence-corrected chi connectivity index (χ0v) is 24.1. The lowest BCUT2D eigenvalue weighted by Crippen LogP contribution is -2.65. The number of nitrogens with zero attached hydrogens (tertiary/aromatic N) is 1. The van der Waals surface area contributed by atoms with Crippen LogP contribution in [0, 0.1) is 17.7 Å². The summed E-state index contributed by atoms with van der Waals surface area (Å²) in [5, 5.41) is 7.22. The Morgan fingerprint density at radius 3 is 2.51 bits per heavy atom. The molecule has 4 atom stereocenters. The summed E-state index contributed by atoms with van der Waals surface area (Å²) in [5.41, 5.74) is 4.17. The fraction of sp³-hybridized carbons (Fsp3) is 0.429. The van der Waals surface area contributed by atoms with E-state index < -0.39 is 0 Å². The molecule has 0 spiro atoms. The first-order chi connectivity index (χ1) is 19.8. The lowest BCUT2D eigenvalue weighted by molar-refractivity contribution is -0.131. The number of halogens is 1. The highest BCUT2D eigenvalue weighted by molar-refractivity contribution is 5.96. The van der Waals surface area contributed by atoms with Crippen LogP contribution < -0.4 is 10.6 Å². The second-order valence-corrected chi connectivity index (χ2v) is 12.8. The van der Waals surface area contributed by atoms with Crippen LogP contribution in [-0.4, -0.2) is 34.3 Å². The number of carbonyl (C=O) groups excluding carboxylic acids is 2. The van der Waals surface area contributed by atoms with Gasteiger partial charge in [0, 0.05) is 29.7 Å². The Labute approximate surface area is 242 Å². The van der Waals surface area contributed by atoms with Crippen LogP contribution in [0.4, 0.5) is 4.39 Å². The van der Waals surface area contributed by atoms with Crippen LogP contribution >= 0.6 is 0 Å². The predicted octanol–water partition coefficient (Wildman–Crippen LogP) is 6.47. The van der Waals surface area contributed by atoms with Crippen LogP contribution in [0.15, 0.2) is 72.8 Å². The van der Waals surface area contributed by atoms with Gasteiger partial charge in [0.1, 0.15) is 5.82 Å². The van der Waals surface area contributed by atoms with Gasteiger partial charge in [-0.05, 0) is 96.9 Å². The molecule has 6 heteroatoms. The first-order valence-corrected chi connectivity index (χ1v) is 15.0. The van der Waals surface area contributed by atoms with Crippen molar-refractivity contribution in [1.82, 2.24) is 15.5 Å². The normalized spacial score (nSPS) is 26.9. The summed E-state index contributed by atoms with van der Waals surface area (Å²) in [7, 11) is 0. The van der Waals surface area contributed by atoms with Crippen molar-refractivity contribution in [2.75, 3.05) is 6.54 Å². The standard InChI is InChI=1S/C35H40FN3O2/c1-3-34(38-33(41)28-11-7-10-27(15-28)26-8-5-4-6-9-26)18-25-14-24(2)17-35(19-25,23-34)37-20-32(40)39-21-29-12-13-31(36)16-30(29)22-39/h4-13,15-16,24-25,37H,3,14,17-23H2,1-2H3,(H,38,41). The van der Waals surface area contributed by atoms with Gasteiger partial charge in [-0.3, -0.25) is 9.59 Å². The van der Waals surface area contributed by atoms with Gasteiger partial charge in [-0.2, -0.15) is 0 Å². The minimum atomic E-state index is -0.333. The highest BCUT2D eigenvalue weighted by atomic mass is 19.1. The number of benzene rings is 3. The topological polar surface area (TPSA) is 61.4 Å². The number of hydrogen-bond donors (Lipinski definition) is 2. The first kappa shape index (κ1) is 27.6. The SMILES string of the molecule is CCC1(NC(=O)c2cccc(-c3ccccc3)c2)CC2CC(C)CC(NCC(=O)N3Cc4ccc(F)cc4C3)(C2)C1. The highest BCUT2D eigenvalue weighted by Crippen LogP contribution is 2.50. The highest BCUT2D eigenvalue weighted by Gasteiger charge is 2.51. The monoisotopic (exact) mass is 553 g/mol. The Morgan fingerprint density at radius 1 is 0.927 bits per heavy atom. The van der Waals surface area contributed by atoms with E-state index in [4.69, 9.17) is 0 Å². The van der Waals surface area contributed by atoms with Crippen molar-refractivity contribution in [3.8, 4) is 11.1 Å². The maximum Gasteiger partial charge on any atom is 0.251 e. The van der Waals surface area contributed by atoms with E-state index in [9.17, 15) is 14.0 Å². The number of carbonyl (C=O) groups is 2. The smallest absolute Gasteiger partial charge is 0.251 e. The summed E-state index contributed by atoms with van der Waals surface area (Å²) in [6.07, 6.45) is 5.76. The van der Waals surface area contributed by atoms with Crippen LogP contribution in [0.5, 0.6) is 0 Å². The Bertz CT molecular complexity index is 1440. The molecule has 2 amide bonds. The van der Waals surface area contributed by atoms with Gasteiger partial charge in [0.05, 0.1) is 6.54 Å². The Hall–Kier alpha value is -3.51. The molecule has 214 valence electrons. The van der Waals surface area contributed by atoms with E-state index in [0.717, 1.165) is 60.8 Å². The van der Waals surface area contributed by atoms with Crippen molar-refractivity contribution >= 4 is 11.8 Å². The van der Waals surface area contributed by atoms with E-state index in [1.54, 1.807) is 6.07 Å². The van der Waals surface area contributed by atoms with Gasteiger partial charge in [0.15, 0.2) is 0 Å². The third-order valence-electron chi connectivity index (χ3n) is 9.66. The van der Waals surface area contributed by atoms with E-state index in [1.807, 2.05) is 47.4 Å². The Balaban J connectivity index is 1.17. The van der Waals surface area contributed by atoms with Gasteiger partial charge in [-0.1, -0.05) is 62.4 Å². The van der Waals surface area contributed by atoms with E-state index >= 15 is 0 Å². The van der Waals surface area contributed by atoms with E-state index in [-0.39, 0.29) is 35.3 Å². The molecule has 41 heavy (non-hydrogen) atoms. The van der Waals surface area contributed by atoms with Crippen molar-refractivity contribution in [3.63, 3.8) is 0 Å². The van der Waals surface area contributed by atoms with Crippen LogP contribution in [0.1, 0.15) is 73.9 Å². The zero-order chi connectivity index (χ0) is 28.6. The second kappa shape index (κ2) is 11.1. The number of rotatable bonds is 7. The molecular formula is C35H40FN3O2. The molecule has 2 fully saturated rings. The molecule has 2 bridgehead atoms. The molecule has 2 N–H and O–H groups in total. The second-order valence-electron chi connectivity index (χ2n) is 12.8. The summed E-state index contributed by atoms with van der Waals surface area (Å²) >= 11 is 0. The van der Waals surface area contributed by atoms with E-state index in [2.05, 4.69) is 36.6 Å². The van der Waals surface area contributed by atoms with Gasteiger partial charge >= 0.3 is 0 Å². The van der Waals surface area contributed by atoms with Crippen molar-refractivity contribution in [3.05, 3.63) is 95.3 Å². The summed E-state index contributed by atoms with van der Waals surface area (Å²) in [6, 6.07) is 22.8. The fourth-order valence-electron chi connectivity index (χ4n) is 7.97. The number of nitrogens with one attached hydrogen (secondary N) is 2. The third-order valence-corrected chi connectivity index (χ3v) is 9.66. The number of amides is 2. The average molecular weight is 554 g/mol. The molecule has 6 rings (SSSR count).